The van der Waals surface area contributed by atoms with Crippen molar-refractivity contribution in [2.24, 2.45) is 5.92 Å². The van der Waals surface area contributed by atoms with Crippen LogP contribution in [-0.2, 0) is 4.74 Å². The van der Waals surface area contributed by atoms with Gasteiger partial charge in [-0.3, -0.25) is 0 Å². The molecule has 0 amide bonds. The molecule has 1 aromatic rings. The Balaban J connectivity index is 2.05. The minimum Gasteiger partial charge on any atom is -0.380 e. The van der Waals surface area contributed by atoms with Crippen LogP contribution in [0.1, 0.15) is 31.8 Å². The number of aromatic nitrogens is 1. The Labute approximate surface area is 95.9 Å². The molecule has 0 saturated heterocycles. The zero-order valence-corrected chi connectivity index (χ0v) is 10.5. The summed E-state index contributed by atoms with van der Waals surface area (Å²) < 4.78 is 5.48. The Hall–Kier alpha value is -0.450. The summed E-state index contributed by atoms with van der Waals surface area (Å²) in [5.74, 6) is 0.612. The first kappa shape index (κ1) is 12.6. The van der Waals surface area contributed by atoms with Crippen LogP contribution in [0, 0.1) is 5.92 Å². The summed E-state index contributed by atoms with van der Waals surface area (Å²) in [5, 5.41) is 6.52. The van der Waals surface area contributed by atoms with Crippen molar-refractivity contribution in [2.75, 3.05) is 19.8 Å². The predicted octanol–water partition coefficient (Wildman–Crippen LogP) is 2.47. The van der Waals surface area contributed by atoms with E-state index in [1.165, 1.54) is 0 Å². The van der Waals surface area contributed by atoms with Gasteiger partial charge in [0.2, 0.25) is 0 Å². The van der Waals surface area contributed by atoms with E-state index in [1.54, 1.807) is 11.3 Å². The molecule has 0 saturated carbocycles. The highest BCUT2D eigenvalue weighted by molar-refractivity contribution is 7.09. The van der Waals surface area contributed by atoms with Gasteiger partial charge in [0.25, 0.3) is 0 Å². The first-order valence-electron chi connectivity index (χ1n) is 5.40. The molecule has 1 heterocycles. The van der Waals surface area contributed by atoms with Crippen LogP contribution in [-0.4, -0.2) is 24.7 Å². The number of nitrogens with zero attached hydrogens (tertiary/aromatic N) is 1. The van der Waals surface area contributed by atoms with E-state index in [2.05, 4.69) is 31.1 Å². The van der Waals surface area contributed by atoms with Crippen LogP contribution in [0.25, 0.3) is 0 Å². The molecule has 0 aliphatic rings. The Morgan fingerprint density at radius 1 is 1.47 bits per heavy atom. The van der Waals surface area contributed by atoms with Gasteiger partial charge in [-0.2, -0.15) is 0 Å². The Morgan fingerprint density at radius 3 is 2.87 bits per heavy atom. The monoisotopic (exact) mass is 228 g/mol. The molecule has 0 aliphatic carbocycles. The van der Waals surface area contributed by atoms with Crippen molar-refractivity contribution in [1.29, 1.82) is 0 Å². The highest BCUT2D eigenvalue weighted by atomic mass is 32.1. The second kappa shape index (κ2) is 6.93. The molecular weight excluding hydrogens is 208 g/mol. The summed E-state index contributed by atoms with van der Waals surface area (Å²) in [5.41, 5.74) is 0. The summed E-state index contributed by atoms with van der Waals surface area (Å²) in [4.78, 5) is 4.26. The smallest absolute Gasteiger partial charge is 0.109 e. The van der Waals surface area contributed by atoms with Gasteiger partial charge < -0.3 is 10.1 Å². The standard InChI is InChI=1S/C11H20N2OS/c1-9(2)8-14-6-4-12-10(3)11-13-5-7-15-11/h5,7,9-10,12H,4,6,8H2,1-3H3. The largest absolute Gasteiger partial charge is 0.380 e. The molecule has 1 aromatic heterocycles. The molecule has 15 heavy (non-hydrogen) atoms. The van der Waals surface area contributed by atoms with Crippen LogP contribution in [0.2, 0.25) is 0 Å². The van der Waals surface area contributed by atoms with Gasteiger partial charge in [0.1, 0.15) is 5.01 Å². The van der Waals surface area contributed by atoms with E-state index < -0.39 is 0 Å². The average molecular weight is 228 g/mol. The van der Waals surface area contributed by atoms with Crippen LogP contribution in [0.15, 0.2) is 11.6 Å². The number of hydrogen-bond acceptors (Lipinski definition) is 4. The lowest BCUT2D eigenvalue weighted by Gasteiger charge is -2.11. The maximum absolute atomic E-state index is 5.48. The van der Waals surface area contributed by atoms with Gasteiger partial charge in [-0.1, -0.05) is 13.8 Å². The lowest BCUT2D eigenvalue weighted by Crippen LogP contribution is -2.23. The van der Waals surface area contributed by atoms with Gasteiger partial charge in [-0.15, -0.1) is 11.3 Å². The van der Waals surface area contributed by atoms with Crippen LogP contribution in [0.3, 0.4) is 0 Å². The lowest BCUT2D eigenvalue weighted by atomic mass is 10.2. The van der Waals surface area contributed by atoms with Crippen molar-refractivity contribution in [3.63, 3.8) is 0 Å². The molecular formula is C11H20N2OS. The van der Waals surface area contributed by atoms with Crippen LogP contribution < -0.4 is 5.32 Å². The van der Waals surface area contributed by atoms with Gasteiger partial charge in [-0.25, -0.2) is 4.98 Å². The SMILES string of the molecule is CC(C)COCCNC(C)c1nccs1. The van der Waals surface area contributed by atoms with E-state index >= 15 is 0 Å². The van der Waals surface area contributed by atoms with E-state index in [0.717, 1.165) is 24.8 Å². The molecule has 0 bridgehead atoms. The topological polar surface area (TPSA) is 34.1 Å². The van der Waals surface area contributed by atoms with Crippen LogP contribution in [0.4, 0.5) is 0 Å². The fourth-order valence-electron chi connectivity index (χ4n) is 1.20. The van der Waals surface area contributed by atoms with Gasteiger partial charge in [0.05, 0.1) is 12.6 Å². The summed E-state index contributed by atoms with van der Waals surface area (Å²) in [6.45, 7) is 8.94. The third kappa shape index (κ3) is 5.25. The quantitative estimate of drug-likeness (QED) is 0.728. The van der Waals surface area contributed by atoms with E-state index in [0.29, 0.717) is 12.0 Å². The maximum atomic E-state index is 5.48. The molecule has 0 radical (unpaired) electrons. The second-order valence-electron chi connectivity index (χ2n) is 4.01. The minimum atomic E-state index is 0.327. The first-order chi connectivity index (χ1) is 7.20. The van der Waals surface area contributed by atoms with Crippen molar-refractivity contribution in [3.05, 3.63) is 16.6 Å². The van der Waals surface area contributed by atoms with E-state index in [1.807, 2.05) is 11.6 Å². The number of thiazole rings is 1. The molecule has 4 heteroatoms. The third-order valence-corrected chi connectivity index (χ3v) is 2.93. The average Bonchev–Trinajstić information content (AvgIpc) is 2.69. The molecule has 0 fully saturated rings. The molecule has 1 unspecified atom stereocenters. The fourth-order valence-corrected chi connectivity index (χ4v) is 1.87. The molecule has 1 atom stereocenters. The van der Waals surface area contributed by atoms with Gasteiger partial charge in [0, 0.05) is 24.7 Å². The van der Waals surface area contributed by atoms with Gasteiger partial charge >= 0.3 is 0 Å². The highest BCUT2D eigenvalue weighted by Gasteiger charge is 2.05. The summed E-state index contributed by atoms with van der Waals surface area (Å²) in [7, 11) is 0. The Kier molecular flexibility index (Phi) is 5.83. The first-order valence-corrected chi connectivity index (χ1v) is 6.28. The summed E-state index contributed by atoms with van der Waals surface area (Å²) >= 11 is 1.69. The zero-order chi connectivity index (χ0) is 11.1. The Bertz CT molecular complexity index is 249. The summed E-state index contributed by atoms with van der Waals surface area (Å²) in [6, 6.07) is 0.327. The molecule has 0 aliphatic heterocycles. The number of rotatable bonds is 7. The second-order valence-corrected chi connectivity index (χ2v) is 4.94. The molecule has 3 nitrogen and oxygen atoms in total. The van der Waals surface area contributed by atoms with Crippen LogP contribution >= 0.6 is 11.3 Å². The van der Waals surface area contributed by atoms with E-state index in [9.17, 15) is 0 Å². The van der Waals surface area contributed by atoms with Crippen molar-refractivity contribution in [3.8, 4) is 0 Å². The molecule has 0 aromatic carbocycles. The van der Waals surface area contributed by atoms with E-state index in [4.69, 9.17) is 4.74 Å². The minimum absolute atomic E-state index is 0.327. The lowest BCUT2D eigenvalue weighted by molar-refractivity contribution is 0.110. The third-order valence-electron chi connectivity index (χ3n) is 1.97. The van der Waals surface area contributed by atoms with E-state index in [-0.39, 0.29) is 0 Å². The molecule has 86 valence electrons. The van der Waals surface area contributed by atoms with Gasteiger partial charge in [-0.05, 0) is 12.8 Å². The molecule has 1 N–H and O–H groups in total. The maximum Gasteiger partial charge on any atom is 0.109 e. The van der Waals surface area contributed by atoms with Gasteiger partial charge in [0.15, 0.2) is 0 Å². The van der Waals surface area contributed by atoms with Crippen molar-refractivity contribution in [2.45, 2.75) is 26.8 Å². The zero-order valence-electron chi connectivity index (χ0n) is 9.69. The normalized spacial score (nSPS) is 13.3. The number of nitrogens with one attached hydrogen (secondary N) is 1. The number of hydrogen-bond donors (Lipinski definition) is 1. The van der Waals surface area contributed by atoms with Crippen molar-refractivity contribution >= 4 is 11.3 Å². The number of ether oxygens (including phenoxy) is 1. The Morgan fingerprint density at radius 2 is 2.27 bits per heavy atom. The van der Waals surface area contributed by atoms with Crippen molar-refractivity contribution < 1.29 is 4.74 Å². The molecule has 0 spiro atoms. The highest BCUT2D eigenvalue weighted by Crippen LogP contribution is 2.13. The predicted molar refractivity (Wildman–Crippen MR) is 64.2 cm³/mol. The summed E-state index contributed by atoms with van der Waals surface area (Å²) in [6.07, 6.45) is 1.84. The van der Waals surface area contributed by atoms with Crippen LogP contribution in [0.5, 0.6) is 0 Å². The van der Waals surface area contributed by atoms with Crippen molar-refractivity contribution in [1.82, 2.24) is 10.3 Å². The fraction of sp³-hybridized carbons (Fsp3) is 0.727. The molecule has 1 rings (SSSR count).